The highest BCUT2D eigenvalue weighted by atomic mass is 15.2. The number of rotatable bonds is 7. The maximum atomic E-state index is 6.02. The van der Waals surface area contributed by atoms with Crippen molar-refractivity contribution in [2.24, 2.45) is 17.6 Å². The van der Waals surface area contributed by atoms with Gasteiger partial charge in [-0.15, -0.1) is 0 Å². The molecule has 1 fully saturated rings. The molecular formula is C16H34N2. The summed E-state index contributed by atoms with van der Waals surface area (Å²) in [6.45, 7) is 7.79. The normalized spacial score (nSPS) is 28.3. The van der Waals surface area contributed by atoms with Crippen LogP contribution in [0, 0.1) is 11.8 Å². The van der Waals surface area contributed by atoms with Gasteiger partial charge < -0.3 is 5.73 Å². The first-order valence-electron chi connectivity index (χ1n) is 8.05. The van der Waals surface area contributed by atoms with Gasteiger partial charge in [0, 0.05) is 18.6 Å². The number of nitrogens with zero attached hydrogens (tertiary/aromatic N) is 1. The van der Waals surface area contributed by atoms with Crippen molar-refractivity contribution < 1.29 is 0 Å². The largest absolute Gasteiger partial charge is 0.329 e. The molecule has 2 N–H and O–H groups in total. The smallest absolute Gasteiger partial charge is 0.0243 e. The fraction of sp³-hybridized carbons (Fsp3) is 1.00. The first-order valence-corrected chi connectivity index (χ1v) is 8.05. The van der Waals surface area contributed by atoms with Gasteiger partial charge in [0.05, 0.1) is 0 Å². The lowest BCUT2D eigenvalue weighted by atomic mass is 9.83. The SMILES string of the molecule is CCCC(C)C(CN)N(C)C1CCC(CC)CC1. The Bertz CT molecular complexity index is 209. The van der Waals surface area contributed by atoms with E-state index in [4.69, 9.17) is 5.73 Å². The van der Waals surface area contributed by atoms with Crippen LogP contribution >= 0.6 is 0 Å². The molecule has 0 heterocycles. The highest BCUT2D eigenvalue weighted by molar-refractivity contribution is 4.84. The van der Waals surface area contributed by atoms with E-state index < -0.39 is 0 Å². The molecule has 0 spiro atoms. The van der Waals surface area contributed by atoms with Crippen LogP contribution in [0.25, 0.3) is 0 Å². The zero-order valence-corrected chi connectivity index (χ0v) is 13.0. The lowest BCUT2D eigenvalue weighted by Gasteiger charge is -2.41. The Balaban J connectivity index is 2.48. The number of nitrogens with two attached hydrogens (primary N) is 1. The summed E-state index contributed by atoms with van der Waals surface area (Å²) in [5, 5.41) is 0. The van der Waals surface area contributed by atoms with Gasteiger partial charge in [-0.05, 0) is 51.0 Å². The van der Waals surface area contributed by atoms with E-state index in [1.54, 1.807) is 0 Å². The van der Waals surface area contributed by atoms with Crippen molar-refractivity contribution >= 4 is 0 Å². The van der Waals surface area contributed by atoms with Gasteiger partial charge in [0.15, 0.2) is 0 Å². The molecule has 108 valence electrons. The molecule has 18 heavy (non-hydrogen) atoms. The van der Waals surface area contributed by atoms with Gasteiger partial charge in [-0.1, -0.05) is 33.6 Å². The second kappa shape index (κ2) is 8.16. The molecule has 0 bridgehead atoms. The van der Waals surface area contributed by atoms with Gasteiger partial charge >= 0.3 is 0 Å². The number of hydrogen-bond donors (Lipinski definition) is 1. The molecular weight excluding hydrogens is 220 g/mol. The molecule has 0 aliphatic heterocycles. The number of likely N-dealkylation sites (N-methyl/N-ethyl adjacent to an activating group) is 1. The monoisotopic (exact) mass is 254 g/mol. The molecule has 0 amide bonds. The standard InChI is InChI=1S/C16H34N2/c1-5-7-13(3)16(12-17)18(4)15-10-8-14(6-2)9-11-15/h13-16H,5-12,17H2,1-4H3. The van der Waals surface area contributed by atoms with E-state index in [0.29, 0.717) is 6.04 Å². The Labute approximate surface area is 114 Å². The molecule has 0 aromatic heterocycles. The van der Waals surface area contributed by atoms with Crippen LogP contribution in [0.15, 0.2) is 0 Å². The topological polar surface area (TPSA) is 29.3 Å². The van der Waals surface area contributed by atoms with Crippen molar-refractivity contribution in [2.75, 3.05) is 13.6 Å². The molecule has 1 aliphatic rings. The summed E-state index contributed by atoms with van der Waals surface area (Å²) in [5.41, 5.74) is 6.02. The van der Waals surface area contributed by atoms with Gasteiger partial charge in [0.2, 0.25) is 0 Å². The van der Waals surface area contributed by atoms with Crippen LogP contribution in [-0.4, -0.2) is 30.6 Å². The van der Waals surface area contributed by atoms with E-state index in [1.807, 2.05) is 0 Å². The summed E-state index contributed by atoms with van der Waals surface area (Å²) in [6, 6.07) is 1.36. The van der Waals surface area contributed by atoms with Crippen molar-refractivity contribution in [1.29, 1.82) is 0 Å². The highest BCUT2D eigenvalue weighted by Gasteiger charge is 2.28. The fourth-order valence-corrected chi connectivity index (χ4v) is 3.68. The zero-order valence-electron chi connectivity index (χ0n) is 13.0. The minimum absolute atomic E-state index is 0.577. The summed E-state index contributed by atoms with van der Waals surface area (Å²) < 4.78 is 0. The minimum Gasteiger partial charge on any atom is -0.329 e. The summed E-state index contributed by atoms with van der Waals surface area (Å²) >= 11 is 0. The molecule has 0 saturated heterocycles. The minimum atomic E-state index is 0.577. The van der Waals surface area contributed by atoms with E-state index >= 15 is 0 Å². The maximum absolute atomic E-state index is 6.02. The average molecular weight is 254 g/mol. The van der Waals surface area contributed by atoms with E-state index in [9.17, 15) is 0 Å². The van der Waals surface area contributed by atoms with E-state index in [0.717, 1.165) is 24.4 Å². The van der Waals surface area contributed by atoms with Crippen LogP contribution < -0.4 is 5.73 Å². The summed E-state index contributed by atoms with van der Waals surface area (Å²) in [5.74, 6) is 1.72. The molecule has 0 aromatic rings. The van der Waals surface area contributed by atoms with Crippen molar-refractivity contribution in [3.63, 3.8) is 0 Å². The predicted octanol–water partition coefficient (Wildman–Crippen LogP) is 3.65. The number of hydrogen-bond acceptors (Lipinski definition) is 2. The Kier molecular flexibility index (Phi) is 7.25. The molecule has 1 saturated carbocycles. The Morgan fingerprint density at radius 3 is 2.22 bits per heavy atom. The van der Waals surface area contributed by atoms with E-state index in [1.165, 1.54) is 44.9 Å². The Morgan fingerprint density at radius 2 is 1.78 bits per heavy atom. The van der Waals surface area contributed by atoms with E-state index in [-0.39, 0.29) is 0 Å². The van der Waals surface area contributed by atoms with Crippen LogP contribution in [0.4, 0.5) is 0 Å². The van der Waals surface area contributed by atoms with Crippen molar-refractivity contribution in [1.82, 2.24) is 4.90 Å². The molecule has 1 rings (SSSR count). The average Bonchev–Trinajstić information content (AvgIpc) is 2.40. The molecule has 0 radical (unpaired) electrons. The lowest BCUT2D eigenvalue weighted by Crippen LogP contribution is -2.48. The summed E-state index contributed by atoms with van der Waals surface area (Å²) in [4.78, 5) is 2.60. The Hall–Kier alpha value is -0.0800. The van der Waals surface area contributed by atoms with Crippen LogP contribution in [-0.2, 0) is 0 Å². The zero-order chi connectivity index (χ0) is 13.5. The van der Waals surface area contributed by atoms with Crippen LogP contribution in [0.1, 0.15) is 65.7 Å². The van der Waals surface area contributed by atoms with Crippen molar-refractivity contribution in [3.8, 4) is 0 Å². The second-order valence-corrected chi connectivity index (χ2v) is 6.32. The molecule has 2 heteroatoms. The third-order valence-electron chi connectivity index (χ3n) is 5.14. The lowest BCUT2D eigenvalue weighted by molar-refractivity contribution is 0.0911. The predicted molar refractivity (Wildman–Crippen MR) is 80.7 cm³/mol. The first kappa shape index (κ1) is 16.0. The fourth-order valence-electron chi connectivity index (χ4n) is 3.68. The quantitative estimate of drug-likeness (QED) is 0.751. The van der Waals surface area contributed by atoms with Gasteiger partial charge in [-0.2, -0.15) is 0 Å². The molecule has 1 aliphatic carbocycles. The Morgan fingerprint density at radius 1 is 1.17 bits per heavy atom. The van der Waals surface area contributed by atoms with Gasteiger partial charge in [-0.3, -0.25) is 4.90 Å². The van der Waals surface area contributed by atoms with Crippen molar-refractivity contribution in [3.05, 3.63) is 0 Å². The molecule has 2 nitrogen and oxygen atoms in total. The summed E-state index contributed by atoms with van der Waals surface area (Å²) in [6.07, 6.45) is 9.54. The summed E-state index contributed by atoms with van der Waals surface area (Å²) in [7, 11) is 2.31. The van der Waals surface area contributed by atoms with Gasteiger partial charge in [0.1, 0.15) is 0 Å². The first-order chi connectivity index (χ1) is 8.63. The third-order valence-corrected chi connectivity index (χ3v) is 5.14. The third kappa shape index (κ3) is 4.24. The highest BCUT2D eigenvalue weighted by Crippen LogP contribution is 2.31. The van der Waals surface area contributed by atoms with Crippen molar-refractivity contribution in [2.45, 2.75) is 77.8 Å². The molecule has 2 atom stereocenters. The van der Waals surface area contributed by atoms with Crippen LogP contribution in [0.5, 0.6) is 0 Å². The van der Waals surface area contributed by atoms with Crippen LogP contribution in [0.2, 0.25) is 0 Å². The van der Waals surface area contributed by atoms with Crippen LogP contribution in [0.3, 0.4) is 0 Å². The molecule has 0 aromatic carbocycles. The van der Waals surface area contributed by atoms with E-state index in [2.05, 4.69) is 32.7 Å². The second-order valence-electron chi connectivity index (χ2n) is 6.32. The van der Waals surface area contributed by atoms with Gasteiger partial charge in [0.25, 0.3) is 0 Å². The van der Waals surface area contributed by atoms with Gasteiger partial charge in [-0.25, -0.2) is 0 Å². The molecule has 2 unspecified atom stereocenters. The maximum Gasteiger partial charge on any atom is 0.0243 e.